The Bertz CT molecular complexity index is 1330. The van der Waals surface area contributed by atoms with Gasteiger partial charge in [0.1, 0.15) is 22.1 Å². The van der Waals surface area contributed by atoms with Crippen LogP contribution in [0.4, 0.5) is 11.4 Å². The monoisotopic (exact) mass is 495 g/mol. The van der Waals surface area contributed by atoms with Gasteiger partial charge in [-0.2, -0.15) is 5.26 Å². The smallest absolute Gasteiger partial charge is 0.265 e. The summed E-state index contributed by atoms with van der Waals surface area (Å²) in [5.74, 6) is 0.595. The molecule has 182 valence electrons. The second-order valence-corrected chi connectivity index (χ2v) is 8.97. The average molecular weight is 496 g/mol. The predicted octanol–water partition coefficient (Wildman–Crippen LogP) is 4.17. The molecule has 0 spiro atoms. The van der Waals surface area contributed by atoms with Crippen LogP contribution in [0, 0.1) is 11.3 Å². The number of sulfonamides is 1. The zero-order valence-corrected chi connectivity index (χ0v) is 20.3. The van der Waals surface area contributed by atoms with E-state index in [1.807, 2.05) is 13.0 Å². The first kappa shape index (κ1) is 25.4. The van der Waals surface area contributed by atoms with E-state index in [2.05, 4.69) is 10.0 Å². The third kappa shape index (κ3) is 6.65. The highest BCUT2D eigenvalue weighted by Crippen LogP contribution is 2.29. The lowest BCUT2D eigenvalue weighted by atomic mass is 10.2. The summed E-state index contributed by atoms with van der Waals surface area (Å²) < 4.78 is 44.9. The van der Waals surface area contributed by atoms with Gasteiger partial charge in [0.15, 0.2) is 6.10 Å². The maximum atomic E-state index is 13.1. The van der Waals surface area contributed by atoms with Crippen molar-refractivity contribution in [3.8, 4) is 23.3 Å². The summed E-state index contributed by atoms with van der Waals surface area (Å²) in [6.45, 7) is 3.90. The Hall–Kier alpha value is -4.23. The fourth-order valence-electron chi connectivity index (χ4n) is 3.10. The zero-order valence-electron chi connectivity index (χ0n) is 19.4. The number of anilines is 2. The molecule has 9 nitrogen and oxygen atoms in total. The Morgan fingerprint density at radius 2 is 1.74 bits per heavy atom. The van der Waals surface area contributed by atoms with Gasteiger partial charge < -0.3 is 19.5 Å². The van der Waals surface area contributed by atoms with Crippen LogP contribution in [-0.2, 0) is 14.8 Å². The standard InChI is InChI=1S/C25H25N3O6S/c1-4-33-21-11-8-19(9-12-21)28-35(30,31)24-15-20(10-13-23(24)32-3)27-25(29)17(2)34-22-7-5-6-18(14-22)16-26/h5-15,17,28H,4H2,1-3H3,(H,27,29). The molecule has 0 heterocycles. The minimum absolute atomic E-state index is 0.110. The van der Waals surface area contributed by atoms with E-state index in [1.54, 1.807) is 49.4 Å². The number of benzene rings is 3. The van der Waals surface area contributed by atoms with Crippen molar-refractivity contribution in [2.45, 2.75) is 24.8 Å². The molecular weight excluding hydrogens is 470 g/mol. The highest BCUT2D eigenvalue weighted by Gasteiger charge is 2.22. The first-order valence-corrected chi connectivity index (χ1v) is 12.2. The van der Waals surface area contributed by atoms with Gasteiger partial charge in [-0.25, -0.2) is 8.42 Å². The minimum atomic E-state index is -4.04. The van der Waals surface area contributed by atoms with Gasteiger partial charge in [0.2, 0.25) is 0 Å². The summed E-state index contributed by atoms with van der Waals surface area (Å²) in [4.78, 5) is 12.5. The molecule has 3 rings (SSSR count). The molecule has 35 heavy (non-hydrogen) atoms. The van der Waals surface area contributed by atoms with Crippen molar-refractivity contribution < 1.29 is 27.4 Å². The van der Waals surface area contributed by atoms with E-state index in [-0.39, 0.29) is 16.3 Å². The van der Waals surface area contributed by atoms with Crippen LogP contribution in [0.3, 0.4) is 0 Å². The van der Waals surface area contributed by atoms with Crippen molar-refractivity contribution in [3.63, 3.8) is 0 Å². The fraction of sp³-hybridized carbons (Fsp3) is 0.200. The number of ether oxygens (including phenoxy) is 3. The second-order valence-electron chi connectivity index (χ2n) is 7.32. The normalized spacial score (nSPS) is 11.6. The van der Waals surface area contributed by atoms with Crippen molar-refractivity contribution in [2.24, 2.45) is 0 Å². The van der Waals surface area contributed by atoms with E-state index < -0.39 is 22.0 Å². The summed E-state index contributed by atoms with van der Waals surface area (Å²) in [5, 5.41) is 11.7. The molecule has 3 aromatic rings. The van der Waals surface area contributed by atoms with E-state index >= 15 is 0 Å². The molecule has 0 saturated heterocycles. The molecule has 1 atom stereocenters. The molecule has 0 aliphatic heterocycles. The lowest BCUT2D eigenvalue weighted by Crippen LogP contribution is -2.30. The van der Waals surface area contributed by atoms with Crippen LogP contribution in [0.15, 0.2) is 71.6 Å². The Morgan fingerprint density at radius 1 is 1.03 bits per heavy atom. The summed E-state index contributed by atoms with van der Waals surface area (Å²) in [6, 6.07) is 19.2. The molecular formula is C25H25N3O6S. The van der Waals surface area contributed by atoms with Crippen LogP contribution in [0.25, 0.3) is 0 Å². The SMILES string of the molecule is CCOc1ccc(NS(=O)(=O)c2cc(NC(=O)C(C)Oc3cccc(C#N)c3)ccc2OC)cc1. The quantitative estimate of drug-likeness (QED) is 0.432. The van der Waals surface area contributed by atoms with E-state index in [1.165, 1.54) is 31.4 Å². The number of hydrogen-bond acceptors (Lipinski definition) is 7. The number of hydrogen-bond donors (Lipinski definition) is 2. The molecule has 1 unspecified atom stereocenters. The van der Waals surface area contributed by atoms with E-state index in [0.717, 1.165) is 0 Å². The molecule has 1 amide bonds. The number of nitriles is 1. The van der Waals surface area contributed by atoms with Gasteiger partial charge in [0.25, 0.3) is 15.9 Å². The third-order valence-electron chi connectivity index (χ3n) is 4.78. The highest BCUT2D eigenvalue weighted by molar-refractivity contribution is 7.92. The lowest BCUT2D eigenvalue weighted by Gasteiger charge is -2.17. The van der Waals surface area contributed by atoms with Gasteiger partial charge in [-0.1, -0.05) is 6.07 Å². The molecule has 0 aliphatic carbocycles. The van der Waals surface area contributed by atoms with Gasteiger partial charge in [0, 0.05) is 11.4 Å². The fourth-order valence-corrected chi connectivity index (χ4v) is 4.36. The largest absolute Gasteiger partial charge is 0.495 e. The van der Waals surface area contributed by atoms with E-state index in [4.69, 9.17) is 19.5 Å². The summed E-state index contributed by atoms with van der Waals surface area (Å²) in [6.07, 6.45) is -0.909. The van der Waals surface area contributed by atoms with Crippen LogP contribution < -0.4 is 24.2 Å². The first-order chi connectivity index (χ1) is 16.7. The molecule has 3 aromatic carbocycles. The van der Waals surface area contributed by atoms with Crippen molar-refractivity contribution in [1.82, 2.24) is 0 Å². The maximum Gasteiger partial charge on any atom is 0.265 e. The molecule has 0 radical (unpaired) electrons. The maximum absolute atomic E-state index is 13.1. The van der Waals surface area contributed by atoms with Crippen LogP contribution >= 0.6 is 0 Å². The van der Waals surface area contributed by atoms with Gasteiger partial charge in [0.05, 0.1) is 25.3 Å². The molecule has 0 aliphatic rings. The van der Waals surface area contributed by atoms with Crippen molar-refractivity contribution >= 4 is 27.3 Å². The number of rotatable bonds is 10. The topological polar surface area (TPSA) is 127 Å². The van der Waals surface area contributed by atoms with Crippen LogP contribution in [0.5, 0.6) is 17.2 Å². The number of nitrogens with zero attached hydrogens (tertiary/aromatic N) is 1. The molecule has 0 fully saturated rings. The Morgan fingerprint density at radius 3 is 2.40 bits per heavy atom. The summed E-state index contributed by atoms with van der Waals surface area (Å²) >= 11 is 0. The van der Waals surface area contributed by atoms with Crippen LogP contribution in [0.1, 0.15) is 19.4 Å². The predicted molar refractivity (Wildman–Crippen MR) is 131 cm³/mol. The summed E-state index contributed by atoms with van der Waals surface area (Å²) in [5.41, 5.74) is 0.982. The Labute approximate surface area is 204 Å². The zero-order chi connectivity index (χ0) is 25.4. The molecule has 0 bridgehead atoms. The molecule has 0 saturated carbocycles. The van der Waals surface area contributed by atoms with Gasteiger partial charge >= 0.3 is 0 Å². The van der Waals surface area contributed by atoms with Gasteiger partial charge in [-0.05, 0) is 74.5 Å². The minimum Gasteiger partial charge on any atom is -0.495 e. The van der Waals surface area contributed by atoms with Gasteiger partial charge in [-0.3, -0.25) is 9.52 Å². The number of carbonyl (C=O) groups is 1. The number of carbonyl (C=O) groups excluding carboxylic acids is 1. The lowest BCUT2D eigenvalue weighted by molar-refractivity contribution is -0.122. The summed E-state index contributed by atoms with van der Waals surface area (Å²) in [7, 11) is -2.69. The number of nitrogens with one attached hydrogen (secondary N) is 2. The van der Waals surface area contributed by atoms with E-state index in [9.17, 15) is 13.2 Å². The highest BCUT2D eigenvalue weighted by atomic mass is 32.2. The number of amides is 1. The molecule has 10 heteroatoms. The van der Waals surface area contributed by atoms with Gasteiger partial charge in [-0.15, -0.1) is 0 Å². The van der Waals surface area contributed by atoms with Crippen molar-refractivity contribution in [2.75, 3.05) is 23.8 Å². The van der Waals surface area contributed by atoms with Crippen molar-refractivity contribution in [1.29, 1.82) is 5.26 Å². The average Bonchev–Trinajstić information content (AvgIpc) is 2.85. The van der Waals surface area contributed by atoms with E-state index in [0.29, 0.717) is 29.4 Å². The molecule has 2 N–H and O–H groups in total. The molecule has 0 aromatic heterocycles. The Kier molecular flexibility index (Phi) is 8.17. The number of methoxy groups -OCH3 is 1. The first-order valence-electron chi connectivity index (χ1n) is 10.7. The van der Waals surface area contributed by atoms with Crippen molar-refractivity contribution in [3.05, 3.63) is 72.3 Å². The Balaban J connectivity index is 1.76. The third-order valence-corrected chi connectivity index (χ3v) is 6.19. The van der Waals surface area contributed by atoms with Crippen LogP contribution in [0.2, 0.25) is 0 Å². The van der Waals surface area contributed by atoms with Crippen LogP contribution in [-0.4, -0.2) is 34.1 Å². The second kappa shape index (κ2) is 11.3.